The van der Waals surface area contributed by atoms with Crippen molar-refractivity contribution >= 4 is 108 Å². The summed E-state index contributed by atoms with van der Waals surface area (Å²) in [4.78, 5) is 11.4. The van der Waals surface area contributed by atoms with Gasteiger partial charge in [0.05, 0.1) is 27.4 Å². The molecule has 2 N–H and O–H groups in total. The van der Waals surface area contributed by atoms with Crippen LogP contribution in [0.2, 0.25) is 5.02 Å². The summed E-state index contributed by atoms with van der Waals surface area (Å²) >= 11 is 10.6. The van der Waals surface area contributed by atoms with Crippen LogP contribution in [-0.4, -0.2) is 52.8 Å². The van der Waals surface area contributed by atoms with Crippen molar-refractivity contribution in [3.63, 3.8) is 0 Å². The molecule has 0 aliphatic heterocycles. The van der Waals surface area contributed by atoms with Crippen LogP contribution in [0.3, 0.4) is 0 Å². The van der Waals surface area contributed by atoms with E-state index in [-0.39, 0.29) is 18.2 Å². The normalized spacial score (nSPS) is 11.7. The summed E-state index contributed by atoms with van der Waals surface area (Å²) in [5.41, 5.74) is 3.63. The lowest BCUT2D eigenvalue weighted by Gasteiger charge is -2.22. The van der Waals surface area contributed by atoms with Gasteiger partial charge in [-0.3, -0.25) is 4.98 Å². The van der Waals surface area contributed by atoms with E-state index >= 15 is 0 Å². The third-order valence-corrected chi connectivity index (χ3v) is 9.06. The Morgan fingerprint density at radius 3 is 2.45 bits per heavy atom. The number of nitrogens with one attached hydrogen (secondary N) is 1. The summed E-state index contributed by atoms with van der Waals surface area (Å²) in [6.45, 7) is 10.0. The number of phenols is 1. The molecule has 6 nitrogen and oxygen atoms in total. The maximum absolute atomic E-state index is 9.71. The monoisotopic (exact) mass is 832 g/mol. The van der Waals surface area contributed by atoms with Crippen LogP contribution in [0.1, 0.15) is 33.6 Å². The van der Waals surface area contributed by atoms with Gasteiger partial charge in [-0.05, 0) is 133 Å². The van der Waals surface area contributed by atoms with Gasteiger partial charge >= 0.3 is 0 Å². The first-order chi connectivity index (χ1) is 19.7. The number of hydrogen-bond acceptors (Lipinski definition) is 6. The number of phenolic OH excluding ortho intramolecular Hbond substituents is 1. The van der Waals surface area contributed by atoms with Gasteiger partial charge in [0.1, 0.15) is 11.3 Å². The number of halogens is 4. The van der Waals surface area contributed by atoms with Gasteiger partial charge in [-0.2, -0.15) is 0 Å². The number of aromatic hydroxyl groups is 1. The van der Waals surface area contributed by atoms with Crippen molar-refractivity contribution < 1.29 is 9.84 Å². The lowest BCUT2D eigenvalue weighted by atomic mass is 10.1. The second-order valence-corrected chi connectivity index (χ2v) is 12.6. The van der Waals surface area contributed by atoms with E-state index in [4.69, 9.17) is 21.3 Å². The molecule has 0 radical (unpaired) electrons. The van der Waals surface area contributed by atoms with Gasteiger partial charge in [-0.15, -0.1) is 12.4 Å². The summed E-state index contributed by atoms with van der Waals surface area (Å²) in [7, 11) is 1.69. The second kappa shape index (κ2) is 16.3. The number of hydrogen-bond donors (Lipinski definition) is 2. The molecular formula is C32H36Cl2I2N4O2. The van der Waals surface area contributed by atoms with Crippen molar-refractivity contribution in [3.05, 3.63) is 73.0 Å². The van der Waals surface area contributed by atoms with E-state index in [0.717, 1.165) is 71.8 Å². The Bertz CT molecular complexity index is 1650. The molecule has 0 spiro atoms. The fraction of sp³-hybridized carbons (Fsp3) is 0.312. The zero-order chi connectivity index (χ0) is 29.5. The molecule has 0 amide bonds. The van der Waals surface area contributed by atoms with Crippen molar-refractivity contribution in [1.82, 2.24) is 14.9 Å². The molecule has 224 valence electrons. The zero-order valence-electron chi connectivity index (χ0n) is 24.1. The van der Waals surface area contributed by atoms with Gasteiger partial charge in [0.15, 0.2) is 5.75 Å². The molecule has 5 rings (SSSR count). The molecule has 1 atom stereocenters. The highest BCUT2D eigenvalue weighted by atomic mass is 127. The summed E-state index contributed by atoms with van der Waals surface area (Å²) in [5, 5.41) is 17.3. The van der Waals surface area contributed by atoms with Crippen molar-refractivity contribution in [2.75, 3.05) is 32.1 Å². The van der Waals surface area contributed by atoms with Crippen LogP contribution >= 0.6 is 69.2 Å². The molecule has 2 heterocycles. The Morgan fingerprint density at radius 2 is 1.74 bits per heavy atom. The van der Waals surface area contributed by atoms with E-state index in [1.54, 1.807) is 13.3 Å². The maximum atomic E-state index is 9.71. The molecule has 0 bridgehead atoms. The Balaban J connectivity index is 0.000000289. The molecule has 2 aromatic heterocycles. The molecule has 0 aliphatic rings. The number of nitrogens with zero attached hydrogens (tertiary/aromatic N) is 3. The van der Waals surface area contributed by atoms with Crippen LogP contribution in [0, 0.1) is 7.14 Å². The third kappa shape index (κ3) is 8.40. The van der Waals surface area contributed by atoms with Crippen molar-refractivity contribution in [2.24, 2.45) is 0 Å². The van der Waals surface area contributed by atoms with Crippen LogP contribution in [0.15, 0.2) is 60.8 Å². The Kier molecular flexibility index (Phi) is 13.4. The van der Waals surface area contributed by atoms with Crippen molar-refractivity contribution in [1.29, 1.82) is 0 Å². The Morgan fingerprint density at radius 1 is 0.976 bits per heavy atom. The fourth-order valence-corrected chi connectivity index (χ4v) is 6.89. The highest BCUT2D eigenvalue weighted by Gasteiger charge is 2.14. The molecule has 0 fully saturated rings. The molecule has 42 heavy (non-hydrogen) atoms. The van der Waals surface area contributed by atoms with E-state index in [9.17, 15) is 5.11 Å². The summed E-state index contributed by atoms with van der Waals surface area (Å²) in [5.74, 6) is 1.11. The van der Waals surface area contributed by atoms with Crippen molar-refractivity contribution in [3.8, 4) is 11.5 Å². The van der Waals surface area contributed by atoms with E-state index < -0.39 is 0 Å². The SMILES string of the molecule is CCN(CC)CCCC(C)Nc1c2ccc(Cl)cc2nc2ccc(OC)cc12.Cl.Oc1c(I)cc(I)c2cccnc12. The number of anilines is 1. The highest BCUT2D eigenvalue weighted by Crippen LogP contribution is 2.35. The number of ether oxygens (including phenoxy) is 1. The van der Waals surface area contributed by atoms with E-state index in [1.807, 2.05) is 42.5 Å². The van der Waals surface area contributed by atoms with Crippen LogP contribution in [-0.2, 0) is 0 Å². The second-order valence-electron chi connectivity index (χ2n) is 9.83. The largest absolute Gasteiger partial charge is 0.505 e. The highest BCUT2D eigenvalue weighted by molar-refractivity contribution is 14.1. The number of fused-ring (bicyclic) bond motifs is 3. The predicted molar refractivity (Wildman–Crippen MR) is 197 cm³/mol. The number of aromatic nitrogens is 2. The Hall–Kier alpha value is -1.86. The van der Waals surface area contributed by atoms with Gasteiger partial charge in [0.25, 0.3) is 0 Å². The van der Waals surface area contributed by atoms with Crippen LogP contribution < -0.4 is 10.1 Å². The lowest BCUT2D eigenvalue weighted by Crippen LogP contribution is -2.25. The minimum absolute atomic E-state index is 0. The quantitative estimate of drug-likeness (QED) is 0.114. The Labute approximate surface area is 286 Å². The minimum atomic E-state index is 0. The van der Waals surface area contributed by atoms with Crippen LogP contribution in [0.25, 0.3) is 32.7 Å². The first kappa shape index (κ1) is 34.6. The number of pyridine rings is 2. The number of benzene rings is 3. The molecule has 5 aromatic rings. The van der Waals surface area contributed by atoms with Gasteiger partial charge < -0.3 is 20.1 Å². The molecule has 3 aromatic carbocycles. The fourth-order valence-electron chi connectivity index (χ4n) is 4.82. The maximum Gasteiger partial charge on any atom is 0.155 e. The standard InChI is InChI=1S/C23H30ClN3O.C9H5I2NO.ClH/c1-5-27(6-2)13-7-8-16(3)25-23-19-11-9-17(24)14-22(19)26-21-12-10-18(28-4)15-20(21)23;10-6-4-7(11)9(13)8-5(6)2-1-3-12-8;/h9-12,14-16H,5-8,13H2,1-4H3,(H,25,26);1-4,13H;1H. The first-order valence-corrected chi connectivity index (χ1v) is 16.3. The topological polar surface area (TPSA) is 70.5 Å². The van der Waals surface area contributed by atoms with Gasteiger partial charge in [0, 0.05) is 37.0 Å². The summed E-state index contributed by atoms with van der Waals surface area (Å²) in [6, 6.07) is 18.0. The minimum Gasteiger partial charge on any atom is -0.505 e. The van der Waals surface area contributed by atoms with Crippen LogP contribution in [0.5, 0.6) is 11.5 Å². The molecule has 0 saturated carbocycles. The molecule has 0 saturated heterocycles. The zero-order valence-corrected chi connectivity index (χ0v) is 30.0. The van der Waals surface area contributed by atoms with E-state index in [0.29, 0.717) is 16.6 Å². The number of rotatable bonds is 9. The number of methoxy groups -OCH3 is 1. The van der Waals surface area contributed by atoms with Crippen LogP contribution in [0.4, 0.5) is 5.69 Å². The van der Waals surface area contributed by atoms with Gasteiger partial charge in [-0.25, -0.2) is 4.98 Å². The smallest absolute Gasteiger partial charge is 0.155 e. The van der Waals surface area contributed by atoms with Crippen molar-refractivity contribution in [2.45, 2.75) is 39.7 Å². The molecule has 1 unspecified atom stereocenters. The summed E-state index contributed by atoms with van der Waals surface area (Å²) in [6.07, 6.45) is 3.97. The molecule has 0 aliphatic carbocycles. The van der Waals surface area contributed by atoms with E-state index in [1.165, 1.54) is 6.42 Å². The first-order valence-electron chi connectivity index (χ1n) is 13.7. The average Bonchev–Trinajstić information content (AvgIpc) is 2.98. The molecular weight excluding hydrogens is 797 g/mol. The predicted octanol–water partition coefficient (Wildman–Crippen LogP) is 9.54. The van der Waals surface area contributed by atoms with Gasteiger partial charge in [-0.1, -0.05) is 31.5 Å². The summed E-state index contributed by atoms with van der Waals surface area (Å²) < 4.78 is 7.40. The lowest BCUT2D eigenvalue weighted by molar-refractivity contribution is 0.295. The van der Waals surface area contributed by atoms with E-state index in [2.05, 4.69) is 93.3 Å². The third-order valence-electron chi connectivity index (χ3n) is 7.11. The molecule has 10 heteroatoms. The van der Waals surface area contributed by atoms with Gasteiger partial charge in [0.2, 0.25) is 0 Å². The average molecular weight is 833 g/mol.